The first-order valence-electron chi connectivity index (χ1n) is 5.54. The molecule has 0 aliphatic heterocycles. The lowest BCUT2D eigenvalue weighted by Gasteiger charge is -2.13. The molecule has 0 unspecified atom stereocenters. The number of rotatable bonds is 4. The summed E-state index contributed by atoms with van der Waals surface area (Å²) in [5.41, 5.74) is 1.88. The summed E-state index contributed by atoms with van der Waals surface area (Å²) in [6.45, 7) is 0.534. The molecule has 2 aromatic heterocycles. The SMILES string of the molecule is CN(Cc1cn[nH]c1)C(=O)C=Cc1cnn(C)c1. The number of carbonyl (C=O) groups is 1. The van der Waals surface area contributed by atoms with Gasteiger partial charge in [-0.25, -0.2) is 0 Å². The lowest BCUT2D eigenvalue weighted by atomic mass is 10.3. The molecule has 18 heavy (non-hydrogen) atoms. The van der Waals surface area contributed by atoms with Crippen molar-refractivity contribution in [1.82, 2.24) is 24.9 Å². The molecule has 0 radical (unpaired) electrons. The largest absolute Gasteiger partial charge is 0.338 e. The van der Waals surface area contributed by atoms with Crippen LogP contribution in [0.3, 0.4) is 0 Å². The predicted octanol–water partition coefficient (Wildman–Crippen LogP) is 0.815. The Morgan fingerprint density at radius 1 is 1.56 bits per heavy atom. The van der Waals surface area contributed by atoms with Crippen LogP contribution in [0.25, 0.3) is 6.08 Å². The number of H-pyrrole nitrogens is 1. The number of carbonyl (C=O) groups excluding carboxylic acids is 1. The summed E-state index contributed by atoms with van der Waals surface area (Å²) >= 11 is 0. The highest BCUT2D eigenvalue weighted by molar-refractivity contribution is 5.91. The number of aromatic amines is 1. The van der Waals surface area contributed by atoms with Crippen LogP contribution < -0.4 is 0 Å². The van der Waals surface area contributed by atoms with Crippen molar-refractivity contribution in [2.75, 3.05) is 7.05 Å². The van der Waals surface area contributed by atoms with E-state index in [0.29, 0.717) is 6.54 Å². The number of hydrogen-bond acceptors (Lipinski definition) is 3. The zero-order valence-corrected chi connectivity index (χ0v) is 10.4. The minimum Gasteiger partial charge on any atom is -0.338 e. The van der Waals surface area contributed by atoms with E-state index in [-0.39, 0.29) is 5.91 Å². The maximum atomic E-state index is 11.8. The van der Waals surface area contributed by atoms with E-state index in [9.17, 15) is 4.79 Å². The second kappa shape index (κ2) is 5.31. The molecule has 0 fully saturated rings. The van der Waals surface area contributed by atoms with Gasteiger partial charge >= 0.3 is 0 Å². The molecule has 2 rings (SSSR count). The van der Waals surface area contributed by atoms with Crippen LogP contribution in [-0.2, 0) is 18.4 Å². The molecular formula is C12H15N5O. The number of nitrogens with zero attached hydrogens (tertiary/aromatic N) is 4. The summed E-state index contributed by atoms with van der Waals surface area (Å²) in [6, 6.07) is 0. The lowest BCUT2D eigenvalue weighted by Crippen LogP contribution is -2.23. The van der Waals surface area contributed by atoms with Crippen molar-refractivity contribution in [3.8, 4) is 0 Å². The van der Waals surface area contributed by atoms with Crippen LogP contribution in [-0.4, -0.2) is 37.8 Å². The van der Waals surface area contributed by atoms with Gasteiger partial charge in [0.1, 0.15) is 0 Å². The summed E-state index contributed by atoms with van der Waals surface area (Å²) in [5.74, 6) is -0.0555. The molecule has 0 atom stereocenters. The molecule has 1 amide bonds. The highest BCUT2D eigenvalue weighted by Crippen LogP contribution is 2.03. The first kappa shape index (κ1) is 12.1. The summed E-state index contributed by atoms with van der Waals surface area (Å²) in [6.07, 6.45) is 10.3. The zero-order valence-electron chi connectivity index (χ0n) is 10.4. The standard InChI is InChI=1S/C12H15N5O/c1-16(8-11-5-13-14-6-11)12(18)4-3-10-7-15-17(2)9-10/h3-7,9H,8H2,1-2H3,(H,13,14). The van der Waals surface area contributed by atoms with Crippen molar-refractivity contribution < 1.29 is 4.79 Å². The monoisotopic (exact) mass is 245 g/mol. The molecule has 0 bridgehead atoms. The second-order valence-electron chi connectivity index (χ2n) is 4.08. The Morgan fingerprint density at radius 3 is 3.00 bits per heavy atom. The number of amides is 1. The third kappa shape index (κ3) is 3.07. The van der Waals surface area contributed by atoms with Crippen LogP contribution >= 0.6 is 0 Å². The first-order valence-corrected chi connectivity index (χ1v) is 5.54. The Bertz CT molecular complexity index is 541. The average molecular weight is 245 g/mol. The van der Waals surface area contributed by atoms with E-state index in [0.717, 1.165) is 11.1 Å². The van der Waals surface area contributed by atoms with E-state index in [1.165, 1.54) is 6.08 Å². The fourth-order valence-electron chi connectivity index (χ4n) is 1.54. The van der Waals surface area contributed by atoms with Gasteiger partial charge in [0, 0.05) is 50.2 Å². The summed E-state index contributed by atoms with van der Waals surface area (Å²) in [7, 11) is 3.59. The van der Waals surface area contributed by atoms with Crippen molar-refractivity contribution in [1.29, 1.82) is 0 Å². The van der Waals surface area contributed by atoms with Gasteiger partial charge in [0.05, 0.1) is 12.4 Å². The molecule has 2 heterocycles. The zero-order chi connectivity index (χ0) is 13.0. The van der Waals surface area contributed by atoms with E-state index in [2.05, 4.69) is 15.3 Å². The topological polar surface area (TPSA) is 66.8 Å². The van der Waals surface area contributed by atoms with Gasteiger partial charge in [-0.3, -0.25) is 14.6 Å². The molecular weight excluding hydrogens is 230 g/mol. The summed E-state index contributed by atoms with van der Waals surface area (Å²) < 4.78 is 1.69. The van der Waals surface area contributed by atoms with Gasteiger partial charge in [-0.15, -0.1) is 0 Å². The first-order chi connectivity index (χ1) is 8.65. The van der Waals surface area contributed by atoms with Crippen molar-refractivity contribution in [2.24, 2.45) is 7.05 Å². The van der Waals surface area contributed by atoms with Crippen LogP contribution in [0, 0.1) is 0 Å². The molecule has 0 saturated heterocycles. The fraction of sp³-hybridized carbons (Fsp3) is 0.250. The average Bonchev–Trinajstić information content (AvgIpc) is 2.97. The number of hydrogen-bond donors (Lipinski definition) is 1. The van der Waals surface area contributed by atoms with E-state index < -0.39 is 0 Å². The molecule has 0 saturated carbocycles. The van der Waals surface area contributed by atoms with Gasteiger partial charge in [-0.1, -0.05) is 0 Å². The molecule has 0 aromatic carbocycles. The molecule has 0 aliphatic rings. The van der Waals surface area contributed by atoms with E-state index in [4.69, 9.17) is 0 Å². The van der Waals surface area contributed by atoms with Gasteiger partial charge in [0.15, 0.2) is 0 Å². The molecule has 0 aliphatic carbocycles. The summed E-state index contributed by atoms with van der Waals surface area (Å²) in [5, 5.41) is 10.6. The number of nitrogens with one attached hydrogen (secondary N) is 1. The van der Waals surface area contributed by atoms with Crippen LogP contribution in [0.15, 0.2) is 30.9 Å². The van der Waals surface area contributed by atoms with Crippen LogP contribution in [0.5, 0.6) is 0 Å². The quantitative estimate of drug-likeness (QED) is 0.811. The highest BCUT2D eigenvalue weighted by Gasteiger charge is 2.06. The van der Waals surface area contributed by atoms with Gasteiger partial charge in [-0.05, 0) is 6.08 Å². The maximum Gasteiger partial charge on any atom is 0.246 e. The highest BCUT2D eigenvalue weighted by atomic mass is 16.2. The number of aryl methyl sites for hydroxylation is 1. The minimum atomic E-state index is -0.0555. The van der Waals surface area contributed by atoms with Crippen molar-refractivity contribution in [3.05, 3.63) is 42.0 Å². The van der Waals surface area contributed by atoms with Crippen LogP contribution in [0.2, 0.25) is 0 Å². The minimum absolute atomic E-state index is 0.0555. The van der Waals surface area contributed by atoms with Crippen molar-refractivity contribution >= 4 is 12.0 Å². The Labute approximate surface area is 105 Å². The van der Waals surface area contributed by atoms with Crippen molar-refractivity contribution in [2.45, 2.75) is 6.54 Å². The fourth-order valence-corrected chi connectivity index (χ4v) is 1.54. The molecule has 1 N–H and O–H groups in total. The third-order valence-electron chi connectivity index (χ3n) is 2.49. The molecule has 94 valence electrons. The Balaban J connectivity index is 1.93. The summed E-state index contributed by atoms with van der Waals surface area (Å²) in [4.78, 5) is 13.5. The van der Waals surface area contributed by atoms with Gasteiger partial charge in [-0.2, -0.15) is 10.2 Å². The Morgan fingerprint density at radius 2 is 2.39 bits per heavy atom. The van der Waals surface area contributed by atoms with Crippen molar-refractivity contribution in [3.63, 3.8) is 0 Å². The maximum absolute atomic E-state index is 11.8. The number of aromatic nitrogens is 4. The number of likely N-dealkylation sites (N-methyl/N-ethyl adjacent to an activating group) is 1. The van der Waals surface area contributed by atoms with Crippen LogP contribution in [0.4, 0.5) is 0 Å². The van der Waals surface area contributed by atoms with Gasteiger partial charge < -0.3 is 4.90 Å². The molecule has 6 nitrogen and oxygen atoms in total. The molecule has 6 heteroatoms. The smallest absolute Gasteiger partial charge is 0.246 e. The van der Waals surface area contributed by atoms with E-state index in [1.807, 2.05) is 13.2 Å². The molecule has 0 spiro atoms. The Kier molecular flexibility index (Phi) is 3.57. The Hall–Kier alpha value is -2.37. The van der Waals surface area contributed by atoms with Gasteiger partial charge in [0.25, 0.3) is 0 Å². The predicted molar refractivity (Wildman–Crippen MR) is 67.3 cm³/mol. The van der Waals surface area contributed by atoms with Gasteiger partial charge in [0.2, 0.25) is 5.91 Å². The third-order valence-corrected chi connectivity index (χ3v) is 2.49. The van der Waals surface area contributed by atoms with E-state index >= 15 is 0 Å². The lowest BCUT2D eigenvalue weighted by molar-refractivity contribution is -0.125. The second-order valence-corrected chi connectivity index (χ2v) is 4.08. The van der Waals surface area contributed by atoms with E-state index in [1.54, 1.807) is 41.3 Å². The normalized spacial score (nSPS) is 11.0. The molecule has 2 aromatic rings. The van der Waals surface area contributed by atoms with Crippen LogP contribution in [0.1, 0.15) is 11.1 Å².